The Bertz CT molecular complexity index is 1200. The average Bonchev–Trinajstić information content (AvgIpc) is 3.02. The van der Waals surface area contributed by atoms with Gasteiger partial charge >= 0.3 is 15.2 Å². The number of hydrogen-bond donors (Lipinski definition) is 2. The van der Waals surface area contributed by atoms with Crippen molar-refractivity contribution in [1.29, 1.82) is 0 Å². The first-order chi connectivity index (χ1) is 19.9. The molecule has 0 spiro atoms. The van der Waals surface area contributed by atoms with Crippen LogP contribution in [0.1, 0.15) is 28.7 Å². The van der Waals surface area contributed by atoms with Crippen LogP contribution in [0.25, 0.3) is 0 Å². The van der Waals surface area contributed by atoms with Crippen molar-refractivity contribution in [2.75, 3.05) is 0 Å². The summed E-state index contributed by atoms with van der Waals surface area (Å²) in [5, 5.41) is 18.5. The second-order valence-electron chi connectivity index (χ2n) is 9.31. The molecule has 4 rings (SSSR count). The van der Waals surface area contributed by atoms with Crippen molar-refractivity contribution in [3.05, 3.63) is 144 Å². The smallest absolute Gasteiger partial charge is 0.346 e. The van der Waals surface area contributed by atoms with Crippen LogP contribution in [-0.2, 0) is 53.7 Å². The van der Waals surface area contributed by atoms with Gasteiger partial charge in [-0.3, -0.25) is 9.13 Å². The molecular weight excluding hydrogens is 562 g/mol. The van der Waals surface area contributed by atoms with Crippen molar-refractivity contribution in [2.45, 2.75) is 44.5 Å². The lowest BCUT2D eigenvalue weighted by atomic mass is 10.2. The van der Waals surface area contributed by atoms with E-state index in [0.29, 0.717) is 22.3 Å². The molecule has 41 heavy (non-hydrogen) atoms. The molecule has 0 aliphatic heterocycles. The van der Waals surface area contributed by atoms with Crippen LogP contribution in [0, 0.1) is 0 Å². The maximum Gasteiger partial charge on any atom is 0.346 e. The molecule has 4 aromatic rings. The fourth-order valence-electron chi connectivity index (χ4n) is 3.99. The molecule has 8 nitrogen and oxygen atoms in total. The van der Waals surface area contributed by atoms with Gasteiger partial charge in [0.1, 0.15) is 0 Å². The predicted octanol–water partition coefficient (Wildman–Crippen LogP) is 7.27. The zero-order valence-corrected chi connectivity index (χ0v) is 24.3. The molecule has 4 aromatic carbocycles. The lowest BCUT2D eigenvalue weighted by Gasteiger charge is -2.32. The molecule has 0 saturated carbocycles. The summed E-state index contributed by atoms with van der Waals surface area (Å²) in [5.41, 5.74) is 2.79. The van der Waals surface area contributed by atoms with E-state index in [9.17, 15) is 19.3 Å². The van der Waals surface area contributed by atoms with Crippen LogP contribution in [0.5, 0.6) is 0 Å². The molecule has 216 valence electrons. The van der Waals surface area contributed by atoms with Crippen LogP contribution in [-0.4, -0.2) is 21.9 Å². The van der Waals surface area contributed by atoms with E-state index in [-0.39, 0.29) is 26.4 Å². The van der Waals surface area contributed by atoms with E-state index < -0.39 is 33.3 Å². The standard InChI is InChI=1S/C31H34O8P2/c32-30(33)21-31(40(34,36-22-26-13-5-1-6-14-26)37-23-27-15-7-2-8-16-27)41(35,38-24-28-17-9-3-10-18-28)39-25-29-19-11-4-12-20-29/h1-20,30-33H,21-25H2. The van der Waals surface area contributed by atoms with E-state index in [4.69, 9.17) is 18.1 Å². The Morgan fingerprint density at radius 3 is 0.927 bits per heavy atom. The summed E-state index contributed by atoms with van der Waals surface area (Å²) >= 11 is 0. The third-order valence-electron chi connectivity index (χ3n) is 6.17. The summed E-state index contributed by atoms with van der Waals surface area (Å²) in [6.07, 6.45) is -2.63. The molecule has 0 bridgehead atoms. The molecule has 0 heterocycles. The fraction of sp³-hybridized carbons (Fsp3) is 0.226. The summed E-state index contributed by atoms with van der Waals surface area (Å²) in [5.74, 6) is 0. The Morgan fingerprint density at radius 1 is 0.463 bits per heavy atom. The van der Waals surface area contributed by atoms with Gasteiger partial charge < -0.3 is 28.3 Å². The van der Waals surface area contributed by atoms with Gasteiger partial charge in [0.05, 0.1) is 26.4 Å². The Hall–Kier alpha value is -2.90. The van der Waals surface area contributed by atoms with Crippen molar-refractivity contribution in [3.63, 3.8) is 0 Å². The third-order valence-corrected chi connectivity index (χ3v) is 11.7. The molecule has 0 aliphatic carbocycles. The monoisotopic (exact) mass is 596 g/mol. The van der Waals surface area contributed by atoms with Crippen LogP contribution in [0.2, 0.25) is 0 Å². The highest BCUT2D eigenvalue weighted by Crippen LogP contribution is 2.72. The van der Waals surface area contributed by atoms with Gasteiger partial charge in [0.25, 0.3) is 0 Å². The van der Waals surface area contributed by atoms with Crippen molar-refractivity contribution in [1.82, 2.24) is 0 Å². The summed E-state index contributed by atoms with van der Waals surface area (Å²) in [4.78, 5) is 0. The lowest BCUT2D eigenvalue weighted by Crippen LogP contribution is -2.23. The minimum Gasteiger partial charge on any atom is -0.368 e. The SMILES string of the molecule is O=P(OCc1ccccc1)(OCc1ccccc1)C(CC(O)O)P(=O)(OCc1ccccc1)OCc1ccccc1. The maximum atomic E-state index is 14.7. The van der Waals surface area contributed by atoms with Crippen molar-refractivity contribution in [2.24, 2.45) is 0 Å². The first-order valence-electron chi connectivity index (χ1n) is 13.2. The van der Waals surface area contributed by atoms with Gasteiger partial charge in [-0.05, 0) is 22.3 Å². The zero-order valence-electron chi connectivity index (χ0n) is 22.5. The summed E-state index contributed by atoms with van der Waals surface area (Å²) in [7, 11) is -8.82. The maximum absolute atomic E-state index is 14.7. The van der Waals surface area contributed by atoms with Gasteiger partial charge in [-0.2, -0.15) is 0 Å². The summed E-state index contributed by atoms with van der Waals surface area (Å²) < 4.78 is 53.1. The van der Waals surface area contributed by atoms with Gasteiger partial charge in [-0.25, -0.2) is 0 Å². The van der Waals surface area contributed by atoms with Crippen molar-refractivity contribution >= 4 is 15.2 Å². The van der Waals surface area contributed by atoms with Gasteiger partial charge in [-0.15, -0.1) is 0 Å². The normalized spacial score (nSPS) is 12.2. The molecule has 2 N–H and O–H groups in total. The summed E-state index contributed by atoms with van der Waals surface area (Å²) in [6.45, 7) is -0.546. The first-order valence-corrected chi connectivity index (χ1v) is 16.4. The van der Waals surface area contributed by atoms with Crippen LogP contribution < -0.4 is 0 Å². The predicted molar refractivity (Wildman–Crippen MR) is 157 cm³/mol. The third kappa shape index (κ3) is 9.57. The van der Waals surface area contributed by atoms with Gasteiger partial charge in [0.15, 0.2) is 11.7 Å². The number of benzene rings is 4. The fourth-order valence-corrected chi connectivity index (χ4v) is 9.23. The van der Waals surface area contributed by atoms with Crippen LogP contribution in [0.4, 0.5) is 0 Å². The molecule has 0 atom stereocenters. The van der Waals surface area contributed by atoms with Crippen LogP contribution in [0.15, 0.2) is 121 Å². The second kappa shape index (κ2) is 15.4. The molecule has 10 heteroatoms. The Kier molecular flexibility index (Phi) is 11.6. The topological polar surface area (TPSA) is 112 Å². The molecule has 0 aliphatic rings. The summed E-state index contributed by atoms with van der Waals surface area (Å²) in [6, 6.07) is 36.1. The Morgan fingerprint density at radius 2 is 0.707 bits per heavy atom. The van der Waals surface area contributed by atoms with Gasteiger partial charge in [0, 0.05) is 6.42 Å². The number of aliphatic hydroxyl groups is 2. The highest BCUT2D eigenvalue weighted by molar-refractivity contribution is 7.72. The van der Waals surface area contributed by atoms with E-state index >= 15 is 0 Å². The largest absolute Gasteiger partial charge is 0.368 e. The van der Waals surface area contributed by atoms with Crippen LogP contribution in [0.3, 0.4) is 0 Å². The molecule has 0 unspecified atom stereocenters. The molecule has 0 amide bonds. The van der Waals surface area contributed by atoms with E-state index in [0.717, 1.165) is 0 Å². The van der Waals surface area contributed by atoms with E-state index in [1.54, 1.807) is 97.1 Å². The quantitative estimate of drug-likeness (QED) is 0.103. The van der Waals surface area contributed by atoms with Crippen molar-refractivity contribution < 1.29 is 37.4 Å². The minimum atomic E-state index is -4.41. The highest BCUT2D eigenvalue weighted by Gasteiger charge is 2.52. The number of hydrogen-bond acceptors (Lipinski definition) is 8. The van der Waals surface area contributed by atoms with Gasteiger partial charge in [0.2, 0.25) is 0 Å². The Labute approximate surface area is 240 Å². The van der Waals surface area contributed by atoms with E-state index in [2.05, 4.69) is 0 Å². The number of aliphatic hydroxyl groups excluding tert-OH is 1. The molecule has 0 fully saturated rings. The lowest BCUT2D eigenvalue weighted by molar-refractivity contribution is -0.0453. The van der Waals surface area contributed by atoms with Crippen molar-refractivity contribution in [3.8, 4) is 0 Å². The van der Waals surface area contributed by atoms with E-state index in [1.165, 1.54) is 0 Å². The Balaban J connectivity index is 1.70. The molecule has 0 saturated heterocycles. The molecular formula is C31H34O8P2. The van der Waals surface area contributed by atoms with Crippen LogP contribution >= 0.6 is 15.2 Å². The average molecular weight is 597 g/mol. The zero-order chi connectivity index (χ0) is 29.0. The molecule has 0 radical (unpaired) electrons. The molecule has 0 aromatic heterocycles. The van der Waals surface area contributed by atoms with Gasteiger partial charge in [-0.1, -0.05) is 121 Å². The second-order valence-corrected chi connectivity index (χ2v) is 14.2. The van der Waals surface area contributed by atoms with E-state index in [1.807, 2.05) is 24.3 Å². The first kappa shape index (κ1) is 31.0. The number of rotatable bonds is 16. The highest BCUT2D eigenvalue weighted by atomic mass is 31.2. The minimum absolute atomic E-state index is 0.137.